The normalized spacial score (nSPS) is 63.1. The molecule has 5 aliphatic rings. The van der Waals surface area contributed by atoms with Gasteiger partial charge in [-0.2, -0.15) is 0 Å². The molecule has 2 bridgehead atoms. The van der Waals surface area contributed by atoms with Crippen LogP contribution in [0.4, 0.5) is 0 Å². The van der Waals surface area contributed by atoms with Gasteiger partial charge in [-0.1, -0.05) is 19.1 Å². The van der Waals surface area contributed by atoms with Crippen LogP contribution >= 0.6 is 0 Å². The lowest BCUT2D eigenvalue weighted by Gasteiger charge is -2.56. The molecule has 5 nitrogen and oxygen atoms in total. The van der Waals surface area contributed by atoms with E-state index in [1.54, 1.807) is 6.92 Å². The summed E-state index contributed by atoms with van der Waals surface area (Å²) in [6, 6.07) is 0. The Morgan fingerprint density at radius 2 is 1.91 bits per heavy atom. The summed E-state index contributed by atoms with van der Waals surface area (Å²) in [5.74, 6) is -0.789. The minimum absolute atomic E-state index is 0.120. The first-order chi connectivity index (χ1) is 10.2. The highest BCUT2D eigenvalue weighted by molar-refractivity contribution is 5.90. The summed E-state index contributed by atoms with van der Waals surface area (Å²) in [6.07, 6.45) is 0.134. The van der Waals surface area contributed by atoms with E-state index in [1.807, 2.05) is 13.8 Å². The number of carbonyl (C=O) groups excluding carboxylic acids is 2. The van der Waals surface area contributed by atoms with Gasteiger partial charge in [0.25, 0.3) is 0 Å². The van der Waals surface area contributed by atoms with Crippen molar-refractivity contribution >= 4 is 11.9 Å². The predicted octanol–water partition coefficient (Wildman–Crippen LogP) is 1.20. The van der Waals surface area contributed by atoms with E-state index in [0.717, 1.165) is 12.0 Å². The van der Waals surface area contributed by atoms with E-state index in [2.05, 4.69) is 6.58 Å². The molecule has 22 heavy (non-hydrogen) atoms. The first kappa shape index (κ1) is 13.1. The number of carbonyl (C=O) groups is 2. The van der Waals surface area contributed by atoms with E-state index in [1.165, 1.54) is 0 Å². The van der Waals surface area contributed by atoms with Gasteiger partial charge in [0.15, 0.2) is 0 Å². The summed E-state index contributed by atoms with van der Waals surface area (Å²) >= 11 is 0. The second-order valence-corrected chi connectivity index (χ2v) is 8.36. The van der Waals surface area contributed by atoms with E-state index >= 15 is 0 Å². The van der Waals surface area contributed by atoms with E-state index in [9.17, 15) is 14.7 Å². The summed E-state index contributed by atoms with van der Waals surface area (Å²) < 4.78 is 11.3. The Kier molecular flexibility index (Phi) is 1.79. The smallest absolute Gasteiger partial charge is 0.315 e. The first-order valence-corrected chi connectivity index (χ1v) is 7.96. The molecule has 0 radical (unpaired) electrons. The van der Waals surface area contributed by atoms with Crippen molar-refractivity contribution in [2.24, 2.45) is 28.1 Å². The molecular weight excluding hydrogens is 284 g/mol. The molecule has 8 atom stereocenters. The van der Waals surface area contributed by atoms with Crippen LogP contribution in [0.2, 0.25) is 0 Å². The van der Waals surface area contributed by atoms with Gasteiger partial charge in [-0.05, 0) is 32.6 Å². The van der Waals surface area contributed by atoms with E-state index in [-0.39, 0.29) is 23.8 Å². The zero-order chi connectivity index (χ0) is 15.9. The molecule has 3 aliphatic carbocycles. The van der Waals surface area contributed by atoms with Gasteiger partial charge in [-0.3, -0.25) is 9.59 Å². The molecule has 2 aliphatic heterocycles. The number of fused-ring (bicyclic) bond motifs is 4. The van der Waals surface area contributed by atoms with Crippen LogP contribution in [0.15, 0.2) is 12.2 Å². The van der Waals surface area contributed by atoms with Gasteiger partial charge in [0.2, 0.25) is 0 Å². The van der Waals surface area contributed by atoms with Crippen molar-refractivity contribution in [2.45, 2.75) is 51.4 Å². The fourth-order valence-electron chi connectivity index (χ4n) is 6.79. The average Bonchev–Trinajstić information content (AvgIpc) is 2.95. The fourth-order valence-corrected chi connectivity index (χ4v) is 6.79. The lowest BCUT2D eigenvalue weighted by atomic mass is 9.46. The number of aliphatic hydroxyl groups is 1. The lowest BCUT2D eigenvalue weighted by molar-refractivity contribution is -0.217. The van der Waals surface area contributed by atoms with Gasteiger partial charge in [0, 0.05) is 5.92 Å². The second-order valence-electron chi connectivity index (χ2n) is 8.36. The molecule has 2 heterocycles. The van der Waals surface area contributed by atoms with Gasteiger partial charge >= 0.3 is 11.9 Å². The lowest BCUT2D eigenvalue weighted by Crippen LogP contribution is -2.69. The average molecular weight is 304 g/mol. The zero-order valence-electron chi connectivity index (χ0n) is 13.0. The van der Waals surface area contributed by atoms with Crippen LogP contribution in [0, 0.1) is 28.1 Å². The van der Waals surface area contributed by atoms with Crippen molar-refractivity contribution in [1.82, 2.24) is 0 Å². The Morgan fingerprint density at radius 1 is 1.23 bits per heavy atom. The monoisotopic (exact) mass is 304 g/mol. The summed E-state index contributed by atoms with van der Waals surface area (Å²) in [6.45, 7) is 9.58. The Hall–Kier alpha value is -1.36. The molecule has 1 spiro atoms. The molecule has 118 valence electrons. The Morgan fingerprint density at radius 3 is 2.55 bits per heavy atom. The minimum atomic E-state index is -1.28. The minimum Gasteiger partial charge on any atom is -0.457 e. The van der Waals surface area contributed by atoms with Crippen molar-refractivity contribution in [3.8, 4) is 0 Å². The Bertz CT molecular complexity index is 685. The van der Waals surface area contributed by atoms with Crippen molar-refractivity contribution in [3.63, 3.8) is 0 Å². The molecule has 0 aromatic heterocycles. The van der Waals surface area contributed by atoms with Crippen molar-refractivity contribution in [2.75, 3.05) is 0 Å². The molecule has 5 fully saturated rings. The Labute approximate surface area is 128 Å². The maximum Gasteiger partial charge on any atom is 0.315 e. The third-order valence-corrected chi connectivity index (χ3v) is 7.91. The number of hydrogen-bond donors (Lipinski definition) is 1. The van der Waals surface area contributed by atoms with Crippen molar-refractivity contribution in [3.05, 3.63) is 12.2 Å². The highest BCUT2D eigenvalue weighted by Gasteiger charge is 2.95. The van der Waals surface area contributed by atoms with Crippen LogP contribution in [-0.2, 0) is 19.1 Å². The van der Waals surface area contributed by atoms with Crippen LogP contribution < -0.4 is 0 Å². The molecule has 0 aromatic rings. The van der Waals surface area contributed by atoms with Gasteiger partial charge in [0.05, 0.1) is 16.4 Å². The summed E-state index contributed by atoms with van der Waals surface area (Å²) in [5, 5.41) is 11.7. The van der Waals surface area contributed by atoms with Crippen LogP contribution in [0.5, 0.6) is 0 Å². The molecule has 6 unspecified atom stereocenters. The topological polar surface area (TPSA) is 72.8 Å². The summed E-state index contributed by atoms with van der Waals surface area (Å²) in [4.78, 5) is 25.2. The Balaban J connectivity index is 1.83. The highest BCUT2D eigenvalue weighted by atomic mass is 16.6. The largest absolute Gasteiger partial charge is 0.457 e. The maximum atomic E-state index is 12.7. The summed E-state index contributed by atoms with van der Waals surface area (Å²) in [5.41, 5.74) is -2.90. The second kappa shape index (κ2) is 3.01. The van der Waals surface area contributed by atoms with Gasteiger partial charge in [0.1, 0.15) is 17.6 Å². The SMILES string of the molecule is C=C(C)C1C2OC(=O)C1(C)C1(O)C[C@H]3C[C@]34C(=O)OC2C14C. The number of hydrogen-bond acceptors (Lipinski definition) is 5. The maximum absolute atomic E-state index is 12.7. The third kappa shape index (κ3) is 0.829. The number of rotatable bonds is 1. The van der Waals surface area contributed by atoms with E-state index < -0.39 is 34.1 Å². The molecule has 0 aromatic carbocycles. The van der Waals surface area contributed by atoms with Crippen LogP contribution in [-0.4, -0.2) is 34.9 Å². The first-order valence-electron chi connectivity index (χ1n) is 7.96. The van der Waals surface area contributed by atoms with Crippen LogP contribution in [0.25, 0.3) is 0 Å². The highest BCUT2D eigenvalue weighted by Crippen LogP contribution is 2.86. The van der Waals surface area contributed by atoms with Gasteiger partial charge < -0.3 is 14.6 Å². The van der Waals surface area contributed by atoms with Gasteiger partial charge in [-0.15, -0.1) is 0 Å². The van der Waals surface area contributed by atoms with Crippen LogP contribution in [0.3, 0.4) is 0 Å². The molecule has 3 saturated carbocycles. The quantitative estimate of drug-likeness (QED) is 0.582. The molecule has 5 rings (SSSR count). The molecule has 0 amide bonds. The van der Waals surface area contributed by atoms with E-state index in [4.69, 9.17) is 9.47 Å². The number of esters is 2. The summed E-state index contributed by atoms with van der Waals surface area (Å²) in [7, 11) is 0. The van der Waals surface area contributed by atoms with Gasteiger partial charge in [-0.25, -0.2) is 0 Å². The van der Waals surface area contributed by atoms with E-state index in [0.29, 0.717) is 6.42 Å². The van der Waals surface area contributed by atoms with Crippen molar-refractivity contribution in [1.29, 1.82) is 0 Å². The van der Waals surface area contributed by atoms with Crippen LogP contribution in [0.1, 0.15) is 33.6 Å². The molecule has 5 heteroatoms. The third-order valence-electron chi connectivity index (χ3n) is 7.91. The predicted molar refractivity (Wildman–Crippen MR) is 74.4 cm³/mol. The molecule has 2 saturated heterocycles. The van der Waals surface area contributed by atoms with Crippen molar-refractivity contribution < 1.29 is 24.2 Å². The zero-order valence-corrected chi connectivity index (χ0v) is 13.0. The molecular formula is C17H20O5. The molecule has 1 N–H and O–H groups in total. The standard InChI is InChI=1S/C17H20O5/c1-7(2)9-10-11-15(4)16(13(19)22-11)5-8(16)6-17(15,20)14(9,3)12(18)21-10/h8-11,20H,1,5-6H2,2-4H3/t8-,9?,10?,11?,14?,15?,16-,17?/m1/s1. The fraction of sp³-hybridized carbons (Fsp3) is 0.765. The number of ether oxygens (including phenoxy) is 2.